The van der Waals surface area contributed by atoms with E-state index in [2.05, 4.69) is 11.2 Å². The van der Waals surface area contributed by atoms with Crippen LogP contribution in [0.25, 0.3) is 0 Å². The molecule has 0 bridgehead atoms. The number of nitrogens with zero attached hydrogens (tertiary/aromatic N) is 2. The van der Waals surface area contributed by atoms with Gasteiger partial charge in [0.05, 0.1) is 25.0 Å². The lowest BCUT2D eigenvalue weighted by Crippen LogP contribution is -2.14. The zero-order chi connectivity index (χ0) is 25.3. The molecule has 0 aliphatic carbocycles. The van der Waals surface area contributed by atoms with Crippen molar-refractivity contribution >= 4 is 11.7 Å². The van der Waals surface area contributed by atoms with Gasteiger partial charge >= 0.3 is 5.97 Å². The van der Waals surface area contributed by atoms with Crippen molar-refractivity contribution in [1.29, 1.82) is 5.26 Å². The third kappa shape index (κ3) is 6.33. The second-order valence-corrected chi connectivity index (χ2v) is 8.21. The van der Waals surface area contributed by atoms with Crippen LogP contribution >= 0.6 is 0 Å². The van der Waals surface area contributed by atoms with Crippen molar-refractivity contribution in [2.45, 2.75) is 25.4 Å². The summed E-state index contributed by atoms with van der Waals surface area (Å²) in [6, 6.07) is 22.5. The van der Waals surface area contributed by atoms with E-state index in [9.17, 15) is 10.1 Å². The molecule has 8 heteroatoms. The van der Waals surface area contributed by atoms with E-state index >= 15 is 0 Å². The van der Waals surface area contributed by atoms with Crippen molar-refractivity contribution in [3.05, 3.63) is 89.0 Å². The molecule has 0 saturated carbocycles. The Morgan fingerprint density at radius 2 is 1.81 bits per heavy atom. The quantitative estimate of drug-likeness (QED) is 0.309. The van der Waals surface area contributed by atoms with Crippen molar-refractivity contribution in [3.63, 3.8) is 0 Å². The minimum atomic E-state index is -1.00. The molecule has 1 aliphatic rings. The lowest BCUT2D eigenvalue weighted by Gasteiger charge is -2.11. The zero-order valence-corrected chi connectivity index (χ0v) is 19.8. The molecule has 0 aromatic heterocycles. The third-order valence-corrected chi connectivity index (χ3v) is 5.75. The predicted molar refractivity (Wildman–Crippen MR) is 133 cm³/mol. The lowest BCUT2D eigenvalue weighted by molar-refractivity contribution is -0.137. The predicted octanol–water partition coefficient (Wildman–Crippen LogP) is 4.71. The molecule has 0 radical (unpaired) electrons. The zero-order valence-electron chi connectivity index (χ0n) is 19.8. The third-order valence-electron chi connectivity index (χ3n) is 5.75. The smallest absolute Gasteiger partial charge is 0.305 e. The van der Waals surface area contributed by atoms with Crippen molar-refractivity contribution in [3.8, 4) is 23.3 Å². The minimum Gasteiger partial charge on any atom is -0.493 e. The fourth-order valence-corrected chi connectivity index (χ4v) is 3.85. The molecular weight excluding hydrogens is 460 g/mol. The number of carboxylic acid groups (broad SMARTS) is 1. The van der Waals surface area contributed by atoms with Gasteiger partial charge in [-0.2, -0.15) is 5.26 Å². The van der Waals surface area contributed by atoms with Crippen molar-refractivity contribution in [2.24, 2.45) is 5.16 Å². The number of hydrogen-bond donors (Lipinski definition) is 1. The number of hydrogen-bond acceptors (Lipinski definition) is 7. The van der Waals surface area contributed by atoms with Crippen LogP contribution in [0.1, 0.15) is 34.6 Å². The van der Waals surface area contributed by atoms with Gasteiger partial charge in [-0.1, -0.05) is 29.4 Å². The summed E-state index contributed by atoms with van der Waals surface area (Å²) in [6.07, 6.45) is 0.648. The number of oxime groups is 1. The molecule has 184 valence electrons. The molecular formula is C28H26N2O6. The summed E-state index contributed by atoms with van der Waals surface area (Å²) in [5, 5.41) is 22.3. The van der Waals surface area contributed by atoms with Crippen LogP contribution in [0.2, 0.25) is 0 Å². The van der Waals surface area contributed by atoms with Gasteiger partial charge in [0.25, 0.3) is 0 Å². The van der Waals surface area contributed by atoms with Gasteiger partial charge in [0.15, 0.2) is 0 Å². The number of rotatable bonds is 11. The fourth-order valence-electron chi connectivity index (χ4n) is 3.85. The number of ether oxygens (including phenoxy) is 3. The van der Waals surface area contributed by atoms with Crippen molar-refractivity contribution in [2.75, 3.05) is 20.3 Å². The van der Waals surface area contributed by atoms with E-state index in [1.54, 1.807) is 24.3 Å². The van der Waals surface area contributed by atoms with E-state index in [1.807, 2.05) is 42.5 Å². The maximum absolute atomic E-state index is 10.9. The molecule has 8 nitrogen and oxygen atoms in total. The van der Waals surface area contributed by atoms with Gasteiger partial charge in [-0.05, 0) is 59.2 Å². The molecule has 36 heavy (non-hydrogen) atoms. The summed E-state index contributed by atoms with van der Waals surface area (Å²) in [6.45, 7) is 1.30. The van der Waals surface area contributed by atoms with E-state index in [0.29, 0.717) is 36.0 Å². The Hall–Kier alpha value is -4.51. The highest BCUT2D eigenvalue weighted by Gasteiger charge is 2.16. The second kappa shape index (κ2) is 11.8. The molecule has 0 saturated heterocycles. The highest BCUT2D eigenvalue weighted by molar-refractivity contribution is 6.01. The summed E-state index contributed by atoms with van der Waals surface area (Å²) >= 11 is 0. The van der Waals surface area contributed by atoms with E-state index in [4.69, 9.17) is 24.2 Å². The summed E-state index contributed by atoms with van der Waals surface area (Å²) in [5.74, 6) is 0.545. The summed E-state index contributed by atoms with van der Waals surface area (Å²) in [5.41, 5.74) is 4.38. The summed E-state index contributed by atoms with van der Waals surface area (Å²) in [4.78, 5) is 15.9. The Kier molecular flexibility index (Phi) is 8.04. The van der Waals surface area contributed by atoms with Gasteiger partial charge in [-0.25, -0.2) is 0 Å². The van der Waals surface area contributed by atoms with Crippen LogP contribution in [0, 0.1) is 11.3 Å². The van der Waals surface area contributed by atoms with Crippen molar-refractivity contribution in [1.82, 2.24) is 0 Å². The Morgan fingerprint density at radius 1 is 1.08 bits per heavy atom. The maximum atomic E-state index is 10.9. The monoisotopic (exact) mass is 486 g/mol. The first kappa shape index (κ1) is 24.6. The highest BCUT2D eigenvalue weighted by Crippen LogP contribution is 2.27. The van der Waals surface area contributed by atoms with Gasteiger partial charge in [-0.15, -0.1) is 0 Å². The molecule has 1 aliphatic heterocycles. The van der Waals surface area contributed by atoms with Crippen LogP contribution < -0.4 is 14.2 Å². The number of aliphatic carboxylic acids is 1. The van der Waals surface area contributed by atoms with Gasteiger partial charge < -0.3 is 24.2 Å². The van der Waals surface area contributed by atoms with Crippen LogP contribution in [0.4, 0.5) is 0 Å². The van der Waals surface area contributed by atoms with Crippen LogP contribution in [-0.4, -0.2) is 37.1 Å². The van der Waals surface area contributed by atoms with E-state index in [1.165, 1.54) is 7.11 Å². The minimum absolute atomic E-state index is 0.230. The average molecular weight is 487 g/mol. The Balaban J connectivity index is 1.31. The largest absolute Gasteiger partial charge is 0.493 e. The van der Waals surface area contributed by atoms with Gasteiger partial charge in [0.2, 0.25) is 0 Å². The van der Waals surface area contributed by atoms with Gasteiger partial charge in [-0.3, -0.25) is 4.79 Å². The number of benzene rings is 3. The molecule has 1 atom stereocenters. The molecule has 0 fully saturated rings. The SMILES string of the molecule is CO/N=C(/COc1ccc(COc2ccc(C(C#N)CC(=O)O)cc2)cc1)c1ccc2c(c1)CCO2. The molecule has 1 heterocycles. The number of carboxylic acids is 1. The first-order chi connectivity index (χ1) is 17.6. The van der Waals surface area contributed by atoms with E-state index in [0.717, 1.165) is 28.9 Å². The Morgan fingerprint density at radius 3 is 2.50 bits per heavy atom. The Labute approximate surface area is 209 Å². The summed E-state index contributed by atoms with van der Waals surface area (Å²) < 4.78 is 17.3. The van der Waals surface area contributed by atoms with Crippen LogP contribution in [0.5, 0.6) is 17.2 Å². The van der Waals surface area contributed by atoms with Crippen LogP contribution in [0.3, 0.4) is 0 Å². The highest BCUT2D eigenvalue weighted by atomic mass is 16.6. The normalized spacial score (nSPS) is 13.2. The molecule has 1 N–H and O–H groups in total. The lowest BCUT2D eigenvalue weighted by atomic mass is 9.97. The van der Waals surface area contributed by atoms with Crippen LogP contribution in [0.15, 0.2) is 71.9 Å². The topological polar surface area (TPSA) is 110 Å². The molecule has 0 spiro atoms. The molecule has 1 unspecified atom stereocenters. The number of carbonyl (C=O) groups is 1. The Bertz CT molecular complexity index is 1260. The maximum Gasteiger partial charge on any atom is 0.305 e. The molecule has 3 aromatic rings. The first-order valence-corrected chi connectivity index (χ1v) is 11.5. The standard InChI is InChI=1S/C28H26N2O6/c1-33-30-26(21-6-11-27-22(14-21)12-13-34-27)18-36-24-7-2-19(3-8-24)17-35-25-9-4-20(5-10-25)23(16-29)15-28(31)32/h2-11,14,23H,12-13,15,17-18H2,1H3,(H,31,32)/b30-26-. The van der Waals surface area contributed by atoms with Crippen LogP contribution in [-0.2, 0) is 22.7 Å². The molecule has 0 amide bonds. The van der Waals surface area contributed by atoms with Crippen molar-refractivity contribution < 1.29 is 28.9 Å². The second-order valence-electron chi connectivity index (χ2n) is 8.21. The van der Waals surface area contributed by atoms with Gasteiger partial charge in [0.1, 0.15) is 43.3 Å². The van der Waals surface area contributed by atoms with E-state index in [-0.39, 0.29) is 13.0 Å². The van der Waals surface area contributed by atoms with E-state index < -0.39 is 11.9 Å². The number of nitriles is 1. The summed E-state index contributed by atoms with van der Waals surface area (Å²) in [7, 11) is 1.51. The first-order valence-electron chi connectivity index (χ1n) is 11.5. The fraction of sp³-hybridized carbons (Fsp3) is 0.250. The average Bonchev–Trinajstić information content (AvgIpc) is 3.37. The molecule has 4 rings (SSSR count). The number of fused-ring (bicyclic) bond motifs is 1. The molecule has 3 aromatic carbocycles. The van der Waals surface area contributed by atoms with Gasteiger partial charge in [0, 0.05) is 12.0 Å².